The van der Waals surface area contributed by atoms with E-state index in [1.807, 2.05) is 0 Å². The number of amides is 1. The highest BCUT2D eigenvalue weighted by Gasteiger charge is 2.34. The van der Waals surface area contributed by atoms with Gasteiger partial charge in [-0.05, 0) is 37.0 Å². The lowest BCUT2D eigenvalue weighted by Crippen LogP contribution is -2.29. The van der Waals surface area contributed by atoms with Crippen molar-refractivity contribution in [1.29, 1.82) is 0 Å². The van der Waals surface area contributed by atoms with E-state index < -0.39 is 0 Å². The fourth-order valence-corrected chi connectivity index (χ4v) is 3.43. The van der Waals surface area contributed by atoms with Crippen molar-refractivity contribution in [3.63, 3.8) is 0 Å². The van der Waals surface area contributed by atoms with E-state index in [9.17, 15) is 9.59 Å². The second-order valence-electron chi connectivity index (χ2n) is 6.41. The van der Waals surface area contributed by atoms with Crippen molar-refractivity contribution in [3.05, 3.63) is 29.8 Å². The van der Waals surface area contributed by atoms with Crippen LogP contribution in [0.25, 0.3) is 0 Å². The van der Waals surface area contributed by atoms with Crippen LogP contribution in [0, 0.1) is 5.92 Å². The molecule has 23 heavy (non-hydrogen) atoms. The fraction of sp³-hybridized carbons (Fsp3) is 0.556. The van der Waals surface area contributed by atoms with Crippen LogP contribution in [0.3, 0.4) is 0 Å². The number of benzene rings is 1. The summed E-state index contributed by atoms with van der Waals surface area (Å²) in [5, 5.41) is 0. The number of rotatable bonds is 4. The van der Waals surface area contributed by atoms with Gasteiger partial charge >= 0.3 is 5.97 Å². The van der Waals surface area contributed by atoms with Crippen LogP contribution in [0.4, 0.5) is 5.69 Å². The number of anilines is 1. The molecule has 5 nitrogen and oxygen atoms in total. The number of carbonyl (C=O) groups excluding carboxylic acids is 2. The van der Waals surface area contributed by atoms with E-state index in [1.165, 1.54) is 32.1 Å². The van der Waals surface area contributed by atoms with Gasteiger partial charge in [0.05, 0.1) is 13.0 Å². The number of esters is 1. The largest absolute Gasteiger partial charge is 0.469 e. The van der Waals surface area contributed by atoms with Crippen LogP contribution in [-0.4, -0.2) is 43.5 Å². The first-order valence-electron chi connectivity index (χ1n) is 8.37. The Morgan fingerprint density at radius 1 is 1.17 bits per heavy atom. The van der Waals surface area contributed by atoms with Crippen molar-refractivity contribution >= 4 is 17.6 Å². The van der Waals surface area contributed by atoms with E-state index in [0.29, 0.717) is 13.1 Å². The molecule has 2 aliphatic rings. The molecule has 2 saturated heterocycles. The predicted octanol–water partition coefficient (Wildman–Crippen LogP) is 2.20. The summed E-state index contributed by atoms with van der Waals surface area (Å²) in [6.45, 7) is 3.28. The quantitative estimate of drug-likeness (QED) is 0.799. The van der Waals surface area contributed by atoms with Gasteiger partial charge in [-0.3, -0.25) is 9.59 Å². The highest BCUT2D eigenvalue weighted by molar-refractivity contribution is 5.86. The number of likely N-dealkylation sites (tertiary alicyclic amines) is 1. The third kappa shape index (κ3) is 3.66. The Labute approximate surface area is 137 Å². The number of ether oxygens (including phenoxy) is 1. The van der Waals surface area contributed by atoms with Crippen molar-refractivity contribution in [2.45, 2.75) is 32.2 Å². The van der Waals surface area contributed by atoms with Crippen molar-refractivity contribution in [2.24, 2.45) is 5.92 Å². The van der Waals surface area contributed by atoms with Crippen LogP contribution in [0.1, 0.15) is 31.2 Å². The third-order valence-corrected chi connectivity index (χ3v) is 4.78. The van der Waals surface area contributed by atoms with Gasteiger partial charge in [0.1, 0.15) is 0 Å². The van der Waals surface area contributed by atoms with Gasteiger partial charge in [-0.2, -0.15) is 0 Å². The van der Waals surface area contributed by atoms with E-state index in [-0.39, 0.29) is 24.2 Å². The van der Waals surface area contributed by atoms with Crippen LogP contribution in [0.2, 0.25) is 0 Å². The highest BCUT2D eigenvalue weighted by Crippen LogP contribution is 2.23. The van der Waals surface area contributed by atoms with Gasteiger partial charge in [-0.15, -0.1) is 0 Å². The Kier molecular flexibility index (Phi) is 4.84. The minimum Gasteiger partial charge on any atom is -0.469 e. The first-order valence-corrected chi connectivity index (χ1v) is 8.37. The first kappa shape index (κ1) is 15.8. The zero-order chi connectivity index (χ0) is 16.2. The van der Waals surface area contributed by atoms with E-state index in [0.717, 1.165) is 18.7 Å². The number of carbonyl (C=O) groups is 2. The lowest BCUT2D eigenvalue weighted by Gasteiger charge is -2.29. The van der Waals surface area contributed by atoms with Gasteiger partial charge in [0.2, 0.25) is 5.91 Å². The molecule has 1 unspecified atom stereocenters. The summed E-state index contributed by atoms with van der Waals surface area (Å²) >= 11 is 0. The number of methoxy groups -OCH3 is 1. The van der Waals surface area contributed by atoms with Crippen molar-refractivity contribution in [1.82, 2.24) is 4.90 Å². The zero-order valence-corrected chi connectivity index (χ0v) is 13.7. The van der Waals surface area contributed by atoms with Gasteiger partial charge in [-0.1, -0.05) is 12.1 Å². The standard InChI is InChI=1S/C18H24N2O3/c1-23-18(22)15-11-17(21)20(13-15)12-14-5-7-16(8-6-14)19-9-3-2-4-10-19/h5-8,15H,2-4,9-13H2,1H3. The average Bonchev–Trinajstić information content (AvgIpc) is 2.96. The highest BCUT2D eigenvalue weighted by atomic mass is 16.5. The van der Waals surface area contributed by atoms with Gasteiger partial charge in [-0.25, -0.2) is 0 Å². The SMILES string of the molecule is COC(=O)C1CC(=O)N(Cc2ccc(N3CCCCC3)cc2)C1. The molecule has 2 aliphatic heterocycles. The Balaban J connectivity index is 1.60. The van der Waals surface area contributed by atoms with Gasteiger partial charge in [0.25, 0.3) is 0 Å². The minimum absolute atomic E-state index is 0.0282. The van der Waals surface area contributed by atoms with Crippen molar-refractivity contribution < 1.29 is 14.3 Å². The summed E-state index contributed by atoms with van der Waals surface area (Å²) in [6.07, 6.45) is 4.11. The summed E-state index contributed by atoms with van der Waals surface area (Å²) in [5.41, 5.74) is 2.36. The molecule has 1 aromatic rings. The summed E-state index contributed by atoms with van der Waals surface area (Å²) in [4.78, 5) is 27.8. The lowest BCUT2D eigenvalue weighted by molar-refractivity contribution is -0.145. The second kappa shape index (κ2) is 7.02. The molecule has 1 atom stereocenters. The summed E-state index contributed by atoms with van der Waals surface area (Å²) < 4.78 is 4.74. The Hall–Kier alpha value is -2.04. The second-order valence-corrected chi connectivity index (χ2v) is 6.41. The molecule has 0 bridgehead atoms. The minimum atomic E-state index is -0.319. The number of hydrogen-bond donors (Lipinski definition) is 0. The predicted molar refractivity (Wildman–Crippen MR) is 88.0 cm³/mol. The van der Waals surface area contributed by atoms with Gasteiger partial charge in [0, 0.05) is 38.3 Å². The van der Waals surface area contributed by atoms with E-state index in [1.54, 1.807) is 4.90 Å². The lowest BCUT2D eigenvalue weighted by atomic mass is 10.1. The summed E-state index contributed by atoms with van der Waals surface area (Å²) in [6, 6.07) is 8.45. The smallest absolute Gasteiger partial charge is 0.310 e. The Morgan fingerprint density at radius 3 is 2.52 bits per heavy atom. The molecule has 1 aromatic carbocycles. The van der Waals surface area contributed by atoms with Crippen LogP contribution < -0.4 is 4.90 Å². The van der Waals surface area contributed by atoms with Crippen LogP contribution in [-0.2, 0) is 20.9 Å². The normalized spacial score (nSPS) is 21.6. The summed E-state index contributed by atoms with van der Waals surface area (Å²) in [5.74, 6) is -0.582. The van der Waals surface area contributed by atoms with Crippen LogP contribution >= 0.6 is 0 Å². The van der Waals surface area contributed by atoms with E-state index >= 15 is 0 Å². The van der Waals surface area contributed by atoms with E-state index in [2.05, 4.69) is 29.2 Å². The molecule has 0 aromatic heterocycles. The van der Waals surface area contributed by atoms with E-state index in [4.69, 9.17) is 4.74 Å². The maximum Gasteiger partial charge on any atom is 0.310 e. The molecule has 124 valence electrons. The molecule has 0 aliphatic carbocycles. The molecular formula is C18H24N2O3. The molecule has 0 saturated carbocycles. The molecule has 0 radical (unpaired) electrons. The van der Waals surface area contributed by atoms with Crippen LogP contribution in [0.5, 0.6) is 0 Å². The molecule has 5 heteroatoms. The number of hydrogen-bond acceptors (Lipinski definition) is 4. The molecule has 3 rings (SSSR count). The van der Waals surface area contributed by atoms with Gasteiger partial charge < -0.3 is 14.5 Å². The summed E-state index contributed by atoms with van der Waals surface area (Å²) in [7, 11) is 1.37. The first-order chi connectivity index (χ1) is 11.2. The van der Waals surface area contributed by atoms with Crippen molar-refractivity contribution in [2.75, 3.05) is 31.6 Å². The fourth-order valence-electron chi connectivity index (χ4n) is 3.43. The molecule has 0 spiro atoms. The molecular weight excluding hydrogens is 292 g/mol. The maximum absolute atomic E-state index is 12.0. The molecule has 2 heterocycles. The van der Waals surface area contributed by atoms with Gasteiger partial charge in [0.15, 0.2) is 0 Å². The maximum atomic E-state index is 12.0. The molecule has 2 fully saturated rings. The average molecular weight is 316 g/mol. The van der Waals surface area contributed by atoms with Crippen molar-refractivity contribution in [3.8, 4) is 0 Å². The number of piperidine rings is 1. The van der Waals surface area contributed by atoms with Crippen LogP contribution in [0.15, 0.2) is 24.3 Å². The Bertz CT molecular complexity index is 564. The molecule has 0 N–H and O–H groups in total. The Morgan fingerprint density at radius 2 is 1.87 bits per heavy atom. The monoisotopic (exact) mass is 316 g/mol. The zero-order valence-electron chi connectivity index (χ0n) is 13.7. The third-order valence-electron chi connectivity index (χ3n) is 4.78. The number of nitrogens with zero attached hydrogens (tertiary/aromatic N) is 2. The molecule has 1 amide bonds. The topological polar surface area (TPSA) is 49.9 Å².